The van der Waals surface area contributed by atoms with Crippen LogP contribution in [0.1, 0.15) is 87.6 Å². The zero-order valence-electron chi connectivity index (χ0n) is 19.3. The molecule has 0 aliphatic carbocycles. The summed E-state index contributed by atoms with van der Waals surface area (Å²) in [6.45, 7) is 5.78. The Hall–Kier alpha value is -2.55. The van der Waals surface area contributed by atoms with Crippen LogP contribution in [0.15, 0.2) is 54.6 Å². The van der Waals surface area contributed by atoms with Gasteiger partial charge < -0.3 is 9.47 Å². The largest absolute Gasteiger partial charge is 0.494 e. The van der Waals surface area contributed by atoms with Crippen LogP contribution in [0.4, 0.5) is 0 Å². The van der Waals surface area contributed by atoms with Gasteiger partial charge in [0.1, 0.15) is 11.5 Å². The van der Waals surface area contributed by atoms with Gasteiger partial charge in [-0.15, -0.1) is 0 Å². The Morgan fingerprint density at radius 2 is 1.23 bits per heavy atom. The molecule has 0 aliphatic rings. The van der Waals surface area contributed by atoms with Gasteiger partial charge in [0.05, 0.1) is 13.2 Å². The second-order valence-electron chi connectivity index (χ2n) is 7.96. The summed E-state index contributed by atoms with van der Waals surface area (Å²) >= 11 is 0. The molecule has 0 saturated carbocycles. The standard InChI is InChI=1S/C28H38O3/c1-3-5-6-7-8-9-10-11-23-31-27-19-15-25(16-20-27)28(29)21-14-24-12-17-26(18-13-24)30-22-4-2/h12-21H,3-11,22-23H2,1-2H3/b21-14+. The van der Waals surface area contributed by atoms with Crippen LogP contribution in [0, 0.1) is 0 Å². The number of ether oxygens (including phenoxy) is 2. The lowest BCUT2D eigenvalue weighted by atomic mass is 10.1. The van der Waals surface area contributed by atoms with E-state index >= 15 is 0 Å². The van der Waals surface area contributed by atoms with Crippen molar-refractivity contribution in [2.45, 2.75) is 71.6 Å². The molecular weight excluding hydrogens is 384 g/mol. The lowest BCUT2D eigenvalue weighted by Crippen LogP contribution is -1.99. The second-order valence-corrected chi connectivity index (χ2v) is 7.96. The van der Waals surface area contributed by atoms with E-state index in [-0.39, 0.29) is 5.78 Å². The Labute approximate surface area is 188 Å². The summed E-state index contributed by atoms with van der Waals surface area (Å²) in [5, 5.41) is 0. The minimum atomic E-state index is -0.0130. The second kappa shape index (κ2) is 15.3. The van der Waals surface area contributed by atoms with Gasteiger partial charge in [-0.1, -0.05) is 77.0 Å². The van der Waals surface area contributed by atoms with Crippen molar-refractivity contribution in [2.24, 2.45) is 0 Å². The maximum Gasteiger partial charge on any atom is 0.185 e. The van der Waals surface area contributed by atoms with Crippen molar-refractivity contribution < 1.29 is 14.3 Å². The van der Waals surface area contributed by atoms with E-state index in [2.05, 4.69) is 13.8 Å². The molecule has 0 aliphatic heterocycles. The van der Waals surface area contributed by atoms with Crippen molar-refractivity contribution in [2.75, 3.05) is 13.2 Å². The van der Waals surface area contributed by atoms with Crippen LogP contribution in [0.5, 0.6) is 11.5 Å². The fourth-order valence-electron chi connectivity index (χ4n) is 3.30. The molecule has 0 atom stereocenters. The smallest absolute Gasteiger partial charge is 0.185 e. The summed E-state index contributed by atoms with van der Waals surface area (Å²) < 4.78 is 11.4. The van der Waals surface area contributed by atoms with E-state index in [9.17, 15) is 4.79 Å². The molecule has 168 valence electrons. The lowest BCUT2D eigenvalue weighted by molar-refractivity contribution is 0.104. The van der Waals surface area contributed by atoms with E-state index in [4.69, 9.17) is 9.47 Å². The summed E-state index contributed by atoms with van der Waals surface area (Å²) in [7, 11) is 0. The first kappa shape index (κ1) is 24.7. The molecule has 0 heterocycles. The third kappa shape index (κ3) is 10.3. The van der Waals surface area contributed by atoms with Crippen LogP contribution in [-0.4, -0.2) is 19.0 Å². The number of rotatable bonds is 16. The molecule has 31 heavy (non-hydrogen) atoms. The molecule has 0 aromatic heterocycles. The maximum atomic E-state index is 12.4. The molecule has 0 bridgehead atoms. The van der Waals surface area contributed by atoms with Crippen molar-refractivity contribution in [1.29, 1.82) is 0 Å². The number of hydrogen-bond donors (Lipinski definition) is 0. The first-order chi connectivity index (χ1) is 15.2. The van der Waals surface area contributed by atoms with Gasteiger partial charge in [-0.05, 0) is 60.9 Å². The fraction of sp³-hybridized carbons (Fsp3) is 0.464. The number of benzene rings is 2. The van der Waals surface area contributed by atoms with Crippen LogP contribution >= 0.6 is 0 Å². The summed E-state index contributed by atoms with van der Waals surface area (Å²) in [6.07, 6.45) is 14.7. The molecule has 3 heteroatoms. The molecule has 2 rings (SSSR count). The van der Waals surface area contributed by atoms with Crippen LogP contribution < -0.4 is 9.47 Å². The van der Waals surface area contributed by atoms with Gasteiger partial charge in [0.15, 0.2) is 5.78 Å². The summed E-state index contributed by atoms with van der Waals surface area (Å²) in [5.41, 5.74) is 1.64. The van der Waals surface area contributed by atoms with Gasteiger partial charge in [-0.3, -0.25) is 4.79 Å². The van der Waals surface area contributed by atoms with E-state index < -0.39 is 0 Å². The predicted octanol–water partition coefficient (Wildman–Crippen LogP) is 7.89. The Balaban J connectivity index is 1.68. The van der Waals surface area contributed by atoms with Crippen LogP contribution in [0.3, 0.4) is 0 Å². The monoisotopic (exact) mass is 422 g/mol. The van der Waals surface area contributed by atoms with Gasteiger partial charge in [0, 0.05) is 5.56 Å². The van der Waals surface area contributed by atoms with Crippen LogP contribution in [0.25, 0.3) is 6.08 Å². The van der Waals surface area contributed by atoms with Crippen LogP contribution in [0.2, 0.25) is 0 Å². The molecule has 0 spiro atoms. The molecule has 0 radical (unpaired) electrons. The molecular formula is C28H38O3. The summed E-state index contributed by atoms with van der Waals surface area (Å²) in [4.78, 5) is 12.4. The number of carbonyl (C=O) groups is 1. The summed E-state index contributed by atoms with van der Waals surface area (Å²) in [6, 6.07) is 15.2. The van der Waals surface area contributed by atoms with Crippen molar-refractivity contribution in [3.05, 3.63) is 65.7 Å². The van der Waals surface area contributed by atoms with Gasteiger partial charge in [0.2, 0.25) is 0 Å². The molecule has 3 nitrogen and oxygen atoms in total. The van der Waals surface area contributed by atoms with E-state index in [1.807, 2.05) is 54.6 Å². The van der Waals surface area contributed by atoms with Gasteiger partial charge in [-0.25, -0.2) is 0 Å². The van der Waals surface area contributed by atoms with Gasteiger partial charge >= 0.3 is 0 Å². The molecule has 2 aromatic carbocycles. The number of hydrogen-bond acceptors (Lipinski definition) is 3. The lowest BCUT2D eigenvalue weighted by Gasteiger charge is -2.07. The fourth-order valence-corrected chi connectivity index (χ4v) is 3.30. The number of carbonyl (C=O) groups excluding carboxylic acids is 1. The highest BCUT2D eigenvalue weighted by Crippen LogP contribution is 2.16. The quantitative estimate of drug-likeness (QED) is 0.157. The number of ketones is 1. The Bertz CT molecular complexity index is 760. The highest BCUT2D eigenvalue weighted by molar-refractivity contribution is 6.06. The number of unbranched alkanes of at least 4 members (excludes halogenated alkanes) is 7. The topological polar surface area (TPSA) is 35.5 Å². The zero-order valence-corrected chi connectivity index (χ0v) is 19.3. The highest BCUT2D eigenvalue weighted by atomic mass is 16.5. The Morgan fingerprint density at radius 1 is 0.677 bits per heavy atom. The SMILES string of the molecule is CCCCCCCCCCOc1ccc(C(=O)/C=C/c2ccc(OCCC)cc2)cc1. The summed E-state index contributed by atoms with van der Waals surface area (Å²) in [5.74, 6) is 1.67. The van der Waals surface area contributed by atoms with Crippen molar-refractivity contribution in [1.82, 2.24) is 0 Å². The molecule has 2 aromatic rings. The normalized spacial score (nSPS) is 11.0. The van der Waals surface area contributed by atoms with Crippen LogP contribution in [-0.2, 0) is 0 Å². The first-order valence-corrected chi connectivity index (χ1v) is 11.9. The average molecular weight is 423 g/mol. The third-order valence-corrected chi connectivity index (χ3v) is 5.19. The average Bonchev–Trinajstić information content (AvgIpc) is 2.81. The van der Waals surface area contributed by atoms with E-state index in [1.54, 1.807) is 6.08 Å². The van der Waals surface area contributed by atoms with Gasteiger partial charge in [0.25, 0.3) is 0 Å². The number of allylic oxidation sites excluding steroid dienone is 1. The van der Waals surface area contributed by atoms with E-state index in [0.29, 0.717) is 12.2 Å². The van der Waals surface area contributed by atoms with Crippen molar-refractivity contribution >= 4 is 11.9 Å². The molecule has 0 unspecified atom stereocenters. The minimum Gasteiger partial charge on any atom is -0.494 e. The van der Waals surface area contributed by atoms with Crippen molar-refractivity contribution in [3.63, 3.8) is 0 Å². The predicted molar refractivity (Wildman–Crippen MR) is 130 cm³/mol. The molecule has 0 saturated heterocycles. The van der Waals surface area contributed by atoms with E-state index in [0.717, 1.165) is 36.5 Å². The van der Waals surface area contributed by atoms with Crippen molar-refractivity contribution in [3.8, 4) is 11.5 Å². The molecule has 0 N–H and O–H groups in total. The Morgan fingerprint density at radius 3 is 1.84 bits per heavy atom. The maximum absolute atomic E-state index is 12.4. The minimum absolute atomic E-state index is 0.0130. The molecule has 0 fully saturated rings. The first-order valence-electron chi connectivity index (χ1n) is 11.9. The zero-order chi connectivity index (χ0) is 22.2. The highest BCUT2D eigenvalue weighted by Gasteiger charge is 2.03. The van der Waals surface area contributed by atoms with Gasteiger partial charge in [-0.2, -0.15) is 0 Å². The molecule has 0 amide bonds. The third-order valence-electron chi connectivity index (χ3n) is 5.19. The Kier molecular flexibility index (Phi) is 12.2. The van der Waals surface area contributed by atoms with E-state index in [1.165, 1.54) is 44.9 Å².